The van der Waals surface area contributed by atoms with E-state index < -0.39 is 6.04 Å². The van der Waals surface area contributed by atoms with E-state index in [1.165, 1.54) is 15.9 Å². The summed E-state index contributed by atoms with van der Waals surface area (Å²) in [5.41, 5.74) is 0. The maximum atomic E-state index is 12.5. The minimum absolute atomic E-state index is 0.00899. The van der Waals surface area contributed by atoms with Crippen molar-refractivity contribution in [3.05, 3.63) is 24.6 Å². The minimum atomic E-state index is -0.595. The lowest BCUT2D eigenvalue weighted by molar-refractivity contribution is -0.137. The van der Waals surface area contributed by atoms with Gasteiger partial charge in [0.25, 0.3) is 5.91 Å². The van der Waals surface area contributed by atoms with E-state index in [1.54, 1.807) is 13.1 Å². The molecule has 0 aliphatic carbocycles. The summed E-state index contributed by atoms with van der Waals surface area (Å²) in [5.74, 6) is 0.211. The predicted octanol–water partition coefficient (Wildman–Crippen LogP) is 1.58. The van der Waals surface area contributed by atoms with Crippen molar-refractivity contribution in [3.63, 3.8) is 0 Å². The van der Waals surface area contributed by atoms with Crippen LogP contribution in [0.2, 0.25) is 0 Å². The summed E-state index contributed by atoms with van der Waals surface area (Å²) in [7, 11) is 0. The van der Waals surface area contributed by atoms with Crippen LogP contribution in [0.3, 0.4) is 0 Å². The first-order valence-corrected chi connectivity index (χ1v) is 8.07. The number of aryl methyl sites for hydroxylation is 1. The Morgan fingerprint density at radius 1 is 1.46 bits per heavy atom. The van der Waals surface area contributed by atoms with Crippen molar-refractivity contribution in [3.8, 4) is 0 Å². The maximum absolute atomic E-state index is 12.5. The lowest BCUT2D eigenvalue weighted by atomic mass is 10.0. The molecule has 130 valence electrons. The molecule has 0 saturated carbocycles. The zero-order valence-corrected chi connectivity index (χ0v) is 14.3. The highest BCUT2D eigenvalue weighted by Gasteiger charge is 2.36. The maximum Gasteiger partial charge on any atom is 0.304 e. The molecule has 0 N–H and O–H groups in total. The molecule has 0 spiro atoms. The number of anilines is 1. The molecule has 1 saturated heterocycles. The molecule has 0 bridgehead atoms. The van der Waals surface area contributed by atoms with Crippen molar-refractivity contribution >= 4 is 23.6 Å². The molecular formula is C17H23N3O4. The van der Waals surface area contributed by atoms with E-state index in [-0.39, 0.29) is 29.5 Å². The number of hydrogen-bond acceptors (Lipinski definition) is 5. The molecule has 0 aromatic carbocycles. The van der Waals surface area contributed by atoms with Gasteiger partial charge < -0.3 is 9.32 Å². The summed E-state index contributed by atoms with van der Waals surface area (Å²) >= 11 is 0. The summed E-state index contributed by atoms with van der Waals surface area (Å²) in [5, 5.41) is 0. The molecule has 1 aromatic rings. The molecule has 24 heavy (non-hydrogen) atoms. The third-order valence-corrected chi connectivity index (χ3v) is 4.15. The topological polar surface area (TPSA) is 83.7 Å². The summed E-state index contributed by atoms with van der Waals surface area (Å²) < 4.78 is 5.61. The van der Waals surface area contributed by atoms with Crippen LogP contribution >= 0.6 is 0 Å². The summed E-state index contributed by atoms with van der Waals surface area (Å²) in [4.78, 5) is 42.9. The van der Waals surface area contributed by atoms with Crippen LogP contribution in [0.15, 0.2) is 23.3 Å². The van der Waals surface area contributed by atoms with Gasteiger partial charge in [-0.25, -0.2) is 4.98 Å². The van der Waals surface area contributed by atoms with Crippen LogP contribution < -0.4 is 4.90 Å². The van der Waals surface area contributed by atoms with Crippen molar-refractivity contribution in [2.75, 3.05) is 18.0 Å². The van der Waals surface area contributed by atoms with E-state index in [0.717, 1.165) is 0 Å². The number of ketones is 1. The van der Waals surface area contributed by atoms with Gasteiger partial charge >= 0.3 is 6.01 Å². The lowest BCUT2D eigenvalue weighted by Crippen LogP contribution is -2.57. The van der Waals surface area contributed by atoms with Gasteiger partial charge in [-0.3, -0.25) is 19.3 Å². The third-order valence-electron chi connectivity index (χ3n) is 4.15. The zero-order chi connectivity index (χ0) is 17.9. The Labute approximate surface area is 141 Å². The highest BCUT2D eigenvalue weighted by Crippen LogP contribution is 2.21. The van der Waals surface area contributed by atoms with Gasteiger partial charge in [0.15, 0.2) is 0 Å². The zero-order valence-electron chi connectivity index (χ0n) is 14.3. The molecule has 2 heterocycles. The summed E-state index contributed by atoms with van der Waals surface area (Å²) in [6, 6.07) is -0.383. The van der Waals surface area contributed by atoms with Gasteiger partial charge in [0.1, 0.15) is 17.6 Å². The first-order valence-electron chi connectivity index (χ1n) is 8.07. The van der Waals surface area contributed by atoms with Crippen molar-refractivity contribution < 1.29 is 18.8 Å². The Morgan fingerprint density at radius 2 is 2.17 bits per heavy atom. The lowest BCUT2D eigenvalue weighted by Gasteiger charge is -2.36. The number of hydrogen-bond donors (Lipinski definition) is 0. The fourth-order valence-electron chi connectivity index (χ4n) is 2.55. The second-order valence-electron chi connectivity index (χ2n) is 6.13. The summed E-state index contributed by atoms with van der Waals surface area (Å²) in [6.45, 7) is 9.54. The predicted molar refractivity (Wildman–Crippen MR) is 88.4 cm³/mol. The van der Waals surface area contributed by atoms with E-state index in [2.05, 4.69) is 11.6 Å². The SMILES string of the molecule is C=CC(=O)N1CCN(c2ncc(CCC(=O)C(C)C)o2)C(=O)C1C. The fraction of sp³-hybridized carbons (Fsp3) is 0.529. The normalized spacial score (nSPS) is 18.2. The van der Waals surface area contributed by atoms with Gasteiger partial charge in [-0.2, -0.15) is 0 Å². The van der Waals surface area contributed by atoms with E-state index in [0.29, 0.717) is 31.7 Å². The number of nitrogens with zero attached hydrogens (tertiary/aromatic N) is 3. The highest BCUT2D eigenvalue weighted by molar-refractivity contribution is 6.00. The Hall–Kier alpha value is -2.44. The van der Waals surface area contributed by atoms with Crippen molar-refractivity contribution in [1.82, 2.24) is 9.88 Å². The van der Waals surface area contributed by atoms with Gasteiger partial charge in [0.2, 0.25) is 5.91 Å². The van der Waals surface area contributed by atoms with Crippen LogP contribution in [0.25, 0.3) is 0 Å². The molecule has 7 nitrogen and oxygen atoms in total. The molecular weight excluding hydrogens is 310 g/mol. The van der Waals surface area contributed by atoms with Gasteiger partial charge in [0, 0.05) is 31.8 Å². The van der Waals surface area contributed by atoms with Crippen LogP contribution in [0, 0.1) is 5.92 Å². The van der Waals surface area contributed by atoms with Crippen molar-refractivity contribution in [2.45, 2.75) is 39.7 Å². The first kappa shape index (κ1) is 17.9. The Balaban J connectivity index is 2.03. The van der Waals surface area contributed by atoms with Gasteiger partial charge in [0.05, 0.1) is 6.20 Å². The van der Waals surface area contributed by atoms with Crippen LogP contribution in [0.1, 0.15) is 33.0 Å². The Morgan fingerprint density at radius 3 is 2.79 bits per heavy atom. The number of aromatic nitrogens is 1. The molecule has 0 radical (unpaired) electrons. The fourth-order valence-corrected chi connectivity index (χ4v) is 2.55. The van der Waals surface area contributed by atoms with E-state index >= 15 is 0 Å². The number of carbonyl (C=O) groups excluding carboxylic acids is 3. The van der Waals surface area contributed by atoms with E-state index in [1.807, 2.05) is 13.8 Å². The molecule has 1 fully saturated rings. The highest BCUT2D eigenvalue weighted by atomic mass is 16.4. The van der Waals surface area contributed by atoms with Gasteiger partial charge in [-0.1, -0.05) is 20.4 Å². The number of amides is 2. The van der Waals surface area contributed by atoms with Crippen LogP contribution in [-0.2, 0) is 20.8 Å². The first-order chi connectivity index (χ1) is 11.3. The smallest absolute Gasteiger partial charge is 0.304 e. The Bertz CT molecular complexity index is 650. The molecule has 2 amide bonds. The molecule has 1 aliphatic heterocycles. The molecule has 7 heteroatoms. The monoisotopic (exact) mass is 333 g/mol. The van der Waals surface area contributed by atoms with Crippen LogP contribution in [0.5, 0.6) is 0 Å². The number of piperazine rings is 1. The third kappa shape index (κ3) is 3.72. The number of Topliss-reactive ketones (excluding diaryl/α,β-unsaturated/α-hetero) is 1. The summed E-state index contributed by atoms with van der Waals surface area (Å²) in [6.07, 6.45) is 3.59. The molecule has 1 aromatic heterocycles. The van der Waals surface area contributed by atoms with E-state index in [9.17, 15) is 14.4 Å². The van der Waals surface area contributed by atoms with Crippen LogP contribution in [0.4, 0.5) is 6.01 Å². The van der Waals surface area contributed by atoms with Crippen molar-refractivity contribution in [2.24, 2.45) is 5.92 Å². The van der Waals surface area contributed by atoms with Gasteiger partial charge in [-0.15, -0.1) is 0 Å². The second kappa shape index (κ2) is 7.42. The van der Waals surface area contributed by atoms with Gasteiger partial charge in [-0.05, 0) is 13.0 Å². The Kier molecular flexibility index (Phi) is 5.54. The molecule has 1 atom stereocenters. The second-order valence-corrected chi connectivity index (χ2v) is 6.13. The average molecular weight is 333 g/mol. The molecule has 2 rings (SSSR count). The standard InChI is InChI=1S/C17H23N3O4/c1-5-15(22)19-8-9-20(16(23)12(19)4)17-18-10-13(24-17)6-7-14(21)11(2)3/h5,10-12H,1,6-9H2,2-4H3. The minimum Gasteiger partial charge on any atom is -0.428 e. The average Bonchev–Trinajstić information content (AvgIpc) is 3.02. The van der Waals surface area contributed by atoms with E-state index in [4.69, 9.17) is 4.42 Å². The van der Waals surface area contributed by atoms with Crippen molar-refractivity contribution in [1.29, 1.82) is 0 Å². The molecule has 1 aliphatic rings. The number of rotatable bonds is 6. The quantitative estimate of drug-likeness (QED) is 0.738. The largest absolute Gasteiger partial charge is 0.428 e. The number of carbonyl (C=O) groups is 3. The molecule has 1 unspecified atom stereocenters. The van der Waals surface area contributed by atoms with Crippen LogP contribution in [-0.4, -0.2) is 46.6 Å². The number of oxazole rings is 1.